The zero-order chi connectivity index (χ0) is 9.07. The zero-order valence-electron chi connectivity index (χ0n) is 8.65. The van der Waals surface area contributed by atoms with E-state index in [0.717, 1.165) is 0 Å². The summed E-state index contributed by atoms with van der Waals surface area (Å²) < 4.78 is 0. The molecule has 0 atom stereocenters. The second-order valence-corrected chi connectivity index (χ2v) is 4.17. The Morgan fingerprint density at radius 1 is 1.00 bits per heavy atom. The van der Waals surface area contributed by atoms with Gasteiger partial charge in [0.05, 0.1) is 0 Å². The molecular formula is C11H20. The first-order valence-corrected chi connectivity index (χ1v) is 4.19. The predicted octanol–water partition coefficient (Wildman–Crippen LogP) is 3.95. The molecule has 0 aliphatic rings. The van der Waals surface area contributed by atoms with E-state index >= 15 is 0 Å². The first kappa shape index (κ1) is 10.5. The minimum Gasteiger partial charge on any atom is -0.0845 e. The Hall–Kier alpha value is -0.520. The lowest BCUT2D eigenvalue weighted by Crippen LogP contribution is -2.00. The van der Waals surface area contributed by atoms with Crippen LogP contribution < -0.4 is 0 Å². The molecule has 0 saturated heterocycles. The van der Waals surface area contributed by atoms with Crippen LogP contribution in [0.2, 0.25) is 0 Å². The van der Waals surface area contributed by atoms with E-state index in [1.807, 2.05) is 0 Å². The van der Waals surface area contributed by atoms with Gasteiger partial charge in [0, 0.05) is 0 Å². The Kier molecular flexibility index (Phi) is 3.57. The third-order valence-electron chi connectivity index (χ3n) is 1.70. The van der Waals surface area contributed by atoms with E-state index in [4.69, 9.17) is 0 Å². The Labute approximate surface area is 71.0 Å². The van der Waals surface area contributed by atoms with Crippen molar-refractivity contribution >= 4 is 0 Å². The summed E-state index contributed by atoms with van der Waals surface area (Å²) in [5, 5.41) is 0. The summed E-state index contributed by atoms with van der Waals surface area (Å²) in [5.74, 6) is 0. The van der Waals surface area contributed by atoms with Gasteiger partial charge in [0.1, 0.15) is 0 Å². The van der Waals surface area contributed by atoms with Crippen molar-refractivity contribution in [2.24, 2.45) is 5.41 Å². The Balaban J connectivity index is 4.48. The molecule has 64 valence electrons. The van der Waals surface area contributed by atoms with Crippen molar-refractivity contribution in [3.05, 3.63) is 23.3 Å². The molecule has 0 fully saturated rings. The molecule has 0 saturated carbocycles. The van der Waals surface area contributed by atoms with Crippen molar-refractivity contribution in [1.29, 1.82) is 0 Å². The summed E-state index contributed by atoms with van der Waals surface area (Å²) in [4.78, 5) is 0. The lowest BCUT2D eigenvalue weighted by molar-refractivity contribution is 0.540. The van der Waals surface area contributed by atoms with E-state index in [1.54, 1.807) is 0 Å². The van der Waals surface area contributed by atoms with Crippen LogP contribution in [0.3, 0.4) is 0 Å². The summed E-state index contributed by atoms with van der Waals surface area (Å²) in [7, 11) is 0. The Bertz CT molecular complexity index is 175. The van der Waals surface area contributed by atoms with Gasteiger partial charge in [-0.25, -0.2) is 0 Å². The first-order chi connectivity index (χ1) is 4.87. The van der Waals surface area contributed by atoms with Gasteiger partial charge >= 0.3 is 0 Å². The van der Waals surface area contributed by atoms with Gasteiger partial charge in [0.2, 0.25) is 0 Å². The van der Waals surface area contributed by atoms with Crippen LogP contribution in [0.25, 0.3) is 0 Å². The fourth-order valence-electron chi connectivity index (χ4n) is 0.991. The third kappa shape index (κ3) is 4.83. The van der Waals surface area contributed by atoms with E-state index in [0.29, 0.717) is 5.41 Å². The van der Waals surface area contributed by atoms with Gasteiger partial charge < -0.3 is 0 Å². The Morgan fingerprint density at radius 2 is 1.45 bits per heavy atom. The van der Waals surface area contributed by atoms with Crippen LogP contribution >= 0.6 is 0 Å². The fourth-order valence-corrected chi connectivity index (χ4v) is 0.991. The van der Waals surface area contributed by atoms with Crippen LogP contribution in [0.15, 0.2) is 23.3 Å². The molecule has 0 amide bonds. The van der Waals surface area contributed by atoms with Gasteiger partial charge in [-0.15, -0.1) is 0 Å². The first-order valence-electron chi connectivity index (χ1n) is 4.19. The molecule has 0 unspecified atom stereocenters. The zero-order valence-corrected chi connectivity index (χ0v) is 8.65. The van der Waals surface area contributed by atoms with Gasteiger partial charge in [0.25, 0.3) is 0 Å². The quantitative estimate of drug-likeness (QED) is 0.499. The molecule has 0 bridgehead atoms. The van der Waals surface area contributed by atoms with Crippen molar-refractivity contribution in [3.8, 4) is 0 Å². The highest BCUT2D eigenvalue weighted by atomic mass is 14.1. The molecule has 0 rings (SSSR count). The van der Waals surface area contributed by atoms with Crippen molar-refractivity contribution < 1.29 is 0 Å². The second-order valence-electron chi connectivity index (χ2n) is 4.17. The van der Waals surface area contributed by atoms with Gasteiger partial charge in [-0.3, -0.25) is 0 Å². The summed E-state index contributed by atoms with van der Waals surface area (Å²) in [6, 6.07) is 0. The van der Waals surface area contributed by atoms with E-state index < -0.39 is 0 Å². The van der Waals surface area contributed by atoms with Gasteiger partial charge in [-0.1, -0.05) is 44.1 Å². The number of hydrogen-bond donors (Lipinski definition) is 0. The lowest BCUT2D eigenvalue weighted by Gasteiger charge is -2.14. The van der Waals surface area contributed by atoms with Crippen LogP contribution in [-0.4, -0.2) is 0 Å². The van der Waals surface area contributed by atoms with E-state index in [2.05, 4.69) is 53.7 Å². The molecule has 11 heavy (non-hydrogen) atoms. The Morgan fingerprint density at radius 3 is 1.73 bits per heavy atom. The monoisotopic (exact) mass is 152 g/mol. The standard InChI is InChI=1S/C11H20/c1-7-9(2)10(3)8-11(4,5)6/h7-8H,1-6H3/b9-7+,10-8+. The molecule has 0 radical (unpaired) electrons. The van der Waals surface area contributed by atoms with Gasteiger partial charge in [-0.05, 0) is 26.2 Å². The fraction of sp³-hybridized carbons (Fsp3) is 0.636. The van der Waals surface area contributed by atoms with Crippen molar-refractivity contribution in [1.82, 2.24) is 0 Å². The largest absolute Gasteiger partial charge is 0.0845 e. The minimum absolute atomic E-state index is 0.300. The van der Waals surface area contributed by atoms with Crippen LogP contribution in [0.4, 0.5) is 0 Å². The molecule has 0 aliphatic carbocycles. The maximum Gasteiger partial charge on any atom is -0.0197 e. The number of hydrogen-bond acceptors (Lipinski definition) is 0. The molecule has 0 aromatic rings. The van der Waals surface area contributed by atoms with Crippen LogP contribution in [-0.2, 0) is 0 Å². The van der Waals surface area contributed by atoms with Crippen molar-refractivity contribution in [2.75, 3.05) is 0 Å². The number of allylic oxidation sites excluding steroid dienone is 4. The molecule has 0 aromatic heterocycles. The lowest BCUT2D eigenvalue weighted by atomic mass is 9.92. The molecular weight excluding hydrogens is 132 g/mol. The highest BCUT2D eigenvalue weighted by Gasteiger charge is 2.05. The van der Waals surface area contributed by atoms with Crippen LogP contribution in [0, 0.1) is 5.41 Å². The molecule has 0 aliphatic heterocycles. The van der Waals surface area contributed by atoms with E-state index in [-0.39, 0.29) is 0 Å². The smallest absolute Gasteiger partial charge is 0.0197 e. The maximum absolute atomic E-state index is 2.31. The highest BCUT2D eigenvalue weighted by molar-refractivity contribution is 5.27. The van der Waals surface area contributed by atoms with Gasteiger partial charge in [0.15, 0.2) is 0 Å². The summed E-state index contributed by atoms with van der Waals surface area (Å²) in [6.07, 6.45) is 4.46. The topological polar surface area (TPSA) is 0 Å². The molecule has 0 nitrogen and oxygen atoms in total. The molecule has 0 spiro atoms. The molecule has 0 heteroatoms. The van der Waals surface area contributed by atoms with E-state index in [1.165, 1.54) is 11.1 Å². The molecule has 0 N–H and O–H groups in total. The number of rotatable bonds is 1. The summed E-state index contributed by atoms with van der Waals surface area (Å²) in [5.41, 5.74) is 3.06. The summed E-state index contributed by atoms with van der Waals surface area (Å²) in [6.45, 7) is 13.1. The second kappa shape index (κ2) is 3.75. The predicted molar refractivity (Wildman–Crippen MR) is 52.6 cm³/mol. The summed E-state index contributed by atoms with van der Waals surface area (Å²) >= 11 is 0. The van der Waals surface area contributed by atoms with Crippen LogP contribution in [0.1, 0.15) is 41.5 Å². The molecule has 0 aromatic carbocycles. The maximum atomic E-state index is 2.31. The SMILES string of the molecule is C/C=C(C)/C(C)=C/C(C)(C)C. The normalized spacial score (nSPS) is 15.5. The van der Waals surface area contributed by atoms with Crippen molar-refractivity contribution in [2.45, 2.75) is 41.5 Å². The van der Waals surface area contributed by atoms with Crippen molar-refractivity contribution in [3.63, 3.8) is 0 Å². The average molecular weight is 152 g/mol. The minimum atomic E-state index is 0.300. The van der Waals surface area contributed by atoms with E-state index in [9.17, 15) is 0 Å². The van der Waals surface area contributed by atoms with Crippen LogP contribution in [0.5, 0.6) is 0 Å². The average Bonchev–Trinajstić information content (AvgIpc) is 1.82. The van der Waals surface area contributed by atoms with Gasteiger partial charge in [-0.2, -0.15) is 0 Å². The third-order valence-corrected chi connectivity index (χ3v) is 1.70. The molecule has 0 heterocycles. The highest BCUT2D eigenvalue weighted by Crippen LogP contribution is 2.20.